The number of nitrogens with two attached hydrogens (primary N) is 2. The quantitative estimate of drug-likeness (QED) is 0.604. The molecule has 7 heteroatoms. The Bertz CT molecular complexity index is 1010. The van der Waals surface area contributed by atoms with Gasteiger partial charge in [-0.3, -0.25) is 4.79 Å². The number of nitrogens with zero attached hydrogens (tertiary/aromatic N) is 2. The minimum atomic E-state index is -0.502. The predicted octanol–water partition coefficient (Wildman–Crippen LogP) is 2.96. The fourth-order valence-electron chi connectivity index (χ4n) is 4.02. The summed E-state index contributed by atoms with van der Waals surface area (Å²) in [6, 6.07) is 1.23. The van der Waals surface area contributed by atoms with Crippen LogP contribution in [0.3, 0.4) is 0 Å². The summed E-state index contributed by atoms with van der Waals surface area (Å²) in [7, 11) is 1.63. The summed E-state index contributed by atoms with van der Waals surface area (Å²) in [4.78, 5) is 13.8. The monoisotopic (exact) mass is 396 g/mol. The zero-order valence-electron chi connectivity index (χ0n) is 16.8. The highest BCUT2D eigenvalue weighted by molar-refractivity contribution is 5.95. The third kappa shape index (κ3) is 3.53. The second-order valence-corrected chi connectivity index (χ2v) is 7.79. The number of fused-ring (bicyclic) bond motifs is 2. The number of anilines is 1. The molecule has 3 aliphatic rings. The highest BCUT2D eigenvalue weighted by Crippen LogP contribution is 2.44. The number of ether oxygens (including phenoxy) is 1. The van der Waals surface area contributed by atoms with Crippen LogP contribution in [0.5, 0.6) is 5.75 Å². The van der Waals surface area contributed by atoms with Gasteiger partial charge in [-0.05, 0) is 43.6 Å². The Hall–Kier alpha value is -3.06. The number of carbonyl (C=O) groups is 1. The van der Waals surface area contributed by atoms with Gasteiger partial charge in [0.25, 0.3) is 0 Å². The zero-order valence-corrected chi connectivity index (χ0v) is 16.8. The Kier molecular flexibility index (Phi) is 4.70. The summed E-state index contributed by atoms with van der Waals surface area (Å²) >= 11 is 0. The predicted molar refractivity (Wildman–Crippen MR) is 111 cm³/mol. The average Bonchev–Trinajstić information content (AvgIpc) is 3.41. The van der Waals surface area contributed by atoms with Crippen molar-refractivity contribution in [2.75, 3.05) is 11.9 Å². The van der Waals surface area contributed by atoms with Gasteiger partial charge in [-0.2, -0.15) is 0 Å². The fraction of sp³-hybridized carbons (Fsp3) is 0.318. The van der Waals surface area contributed by atoms with Gasteiger partial charge in [0.1, 0.15) is 17.3 Å². The SMILES string of the molecule is CC(=O)N1c2c(F)cc(/C(N)=C/N(C)N)c(OC3=CC4=C[C@@H]4C=C3)c2CC[C@@H]1C. The summed E-state index contributed by atoms with van der Waals surface area (Å²) < 4.78 is 21.5. The lowest BCUT2D eigenvalue weighted by atomic mass is 9.92. The van der Waals surface area contributed by atoms with Crippen LogP contribution in [0.4, 0.5) is 10.1 Å². The van der Waals surface area contributed by atoms with Crippen molar-refractivity contribution in [1.82, 2.24) is 5.01 Å². The van der Waals surface area contributed by atoms with Crippen LogP contribution < -0.4 is 21.2 Å². The third-order valence-electron chi connectivity index (χ3n) is 5.43. The number of rotatable bonds is 4. The second kappa shape index (κ2) is 7.08. The van der Waals surface area contributed by atoms with E-state index in [4.69, 9.17) is 16.3 Å². The molecular formula is C22H25FN4O2. The smallest absolute Gasteiger partial charge is 0.224 e. The molecule has 0 bridgehead atoms. The van der Waals surface area contributed by atoms with Gasteiger partial charge in [-0.15, -0.1) is 0 Å². The van der Waals surface area contributed by atoms with E-state index in [1.165, 1.54) is 34.7 Å². The van der Waals surface area contributed by atoms with Crippen LogP contribution in [0.1, 0.15) is 31.4 Å². The molecule has 4 N–H and O–H groups in total. The Balaban J connectivity index is 1.88. The molecule has 29 heavy (non-hydrogen) atoms. The van der Waals surface area contributed by atoms with Gasteiger partial charge in [0, 0.05) is 43.3 Å². The Morgan fingerprint density at radius 3 is 2.86 bits per heavy atom. The number of benzene rings is 1. The molecule has 6 nitrogen and oxygen atoms in total. The van der Waals surface area contributed by atoms with Gasteiger partial charge in [-0.1, -0.05) is 12.2 Å². The van der Waals surface area contributed by atoms with Gasteiger partial charge < -0.3 is 20.4 Å². The molecule has 0 spiro atoms. The van der Waals surface area contributed by atoms with Crippen LogP contribution in [0.25, 0.3) is 5.70 Å². The largest absolute Gasteiger partial charge is 0.456 e. The van der Waals surface area contributed by atoms with Gasteiger partial charge in [0.2, 0.25) is 5.91 Å². The van der Waals surface area contributed by atoms with Crippen molar-refractivity contribution in [3.63, 3.8) is 0 Å². The van der Waals surface area contributed by atoms with E-state index in [2.05, 4.69) is 12.2 Å². The van der Waals surface area contributed by atoms with Crippen molar-refractivity contribution in [3.8, 4) is 5.75 Å². The molecule has 0 aromatic heterocycles. The van der Waals surface area contributed by atoms with E-state index in [0.29, 0.717) is 41.4 Å². The number of carbonyl (C=O) groups excluding carboxylic acids is 1. The molecule has 2 aliphatic carbocycles. The molecular weight excluding hydrogens is 371 g/mol. The second-order valence-electron chi connectivity index (χ2n) is 7.79. The maximum absolute atomic E-state index is 15.2. The molecule has 0 radical (unpaired) electrons. The molecule has 0 saturated carbocycles. The summed E-state index contributed by atoms with van der Waals surface area (Å²) in [5.74, 6) is 6.51. The first-order chi connectivity index (χ1) is 13.8. The maximum Gasteiger partial charge on any atom is 0.224 e. The van der Waals surface area contributed by atoms with E-state index < -0.39 is 5.82 Å². The summed E-state index contributed by atoms with van der Waals surface area (Å²) in [5, 5.41) is 1.31. The van der Waals surface area contributed by atoms with Crippen molar-refractivity contribution >= 4 is 17.3 Å². The average molecular weight is 396 g/mol. The van der Waals surface area contributed by atoms with Gasteiger partial charge >= 0.3 is 0 Å². The third-order valence-corrected chi connectivity index (χ3v) is 5.43. The zero-order chi connectivity index (χ0) is 20.9. The lowest BCUT2D eigenvalue weighted by Gasteiger charge is -2.36. The first kappa shape index (κ1) is 19.3. The number of allylic oxidation sites excluding steroid dienone is 5. The summed E-state index contributed by atoms with van der Waals surface area (Å²) in [5.41, 5.74) is 9.03. The van der Waals surface area contributed by atoms with Crippen LogP contribution in [0, 0.1) is 11.7 Å². The summed E-state index contributed by atoms with van der Waals surface area (Å²) in [6.07, 6.45) is 10.8. The molecule has 1 aromatic carbocycles. The van der Waals surface area contributed by atoms with E-state index in [1.54, 1.807) is 7.05 Å². The van der Waals surface area contributed by atoms with Crippen LogP contribution in [0.15, 0.2) is 47.9 Å². The molecule has 2 atom stereocenters. The Morgan fingerprint density at radius 2 is 2.21 bits per heavy atom. The Morgan fingerprint density at radius 1 is 1.45 bits per heavy atom. The van der Waals surface area contributed by atoms with E-state index in [1.807, 2.05) is 19.1 Å². The molecule has 1 heterocycles. The van der Waals surface area contributed by atoms with Crippen molar-refractivity contribution in [3.05, 3.63) is 64.8 Å². The fourth-order valence-corrected chi connectivity index (χ4v) is 4.02. The Labute approximate surface area is 169 Å². The number of hydrogen-bond acceptors (Lipinski definition) is 5. The number of hydrazine groups is 1. The first-order valence-electron chi connectivity index (χ1n) is 9.66. The minimum absolute atomic E-state index is 0.0950. The summed E-state index contributed by atoms with van der Waals surface area (Å²) in [6.45, 7) is 3.37. The van der Waals surface area contributed by atoms with Crippen molar-refractivity contribution in [1.29, 1.82) is 0 Å². The number of halogens is 1. The lowest BCUT2D eigenvalue weighted by Crippen LogP contribution is -2.41. The van der Waals surface area contributed by atoms with Crippen LogP contribution in [-0.2, 0) is 11.2 Å². The topological polar surface area (TPSA) is 84.8 Å². The van der Waals surface area contributed by atoms with Crippen LogP contribution in [0.2, 0.25) is 0 Å². The van der Waals surface area contributed by atoms with Crippen LogP contribution in [-0.4, -0.2) is 24.0 Å². The highest BCUT2D eigenvalue weighted by atomic mass is 19.1. The van der Waals surface area contributed by atoms with E-state index in [9.17, 15) is 4.79 Å². The maximum atomic E-state index is 15.2. The van der Waals surface area contributed by atoms with E-state index >= 15 is 4.39 Å². The molecule has 152 valence electrons. The molecule has 0 unspecified atom stereocenters. The van der Waals surface area contributed by atoms with E-state index in [0.717, 1.165) is 0 Å². The van der Waals surface area contributed by atoms with Crippen molar-refractivity contribution < 1.29 is 13.9 Å². The standard InChI is InChI=1S/C22H25FN4O2/c1-12-4-7-17-21(27(12)13(2)28)19(23)10-18(20(24)11-26(3)25)22(17)29-16-6-5-14-8-15(14)9-16/h5-6,8-12,14H,4,7,24-25H2,1-3H3/b20-11-/t12-,14-/m0/s1. The van der Waals surface area contributed by atoms with Gasteiger partial charge in [0.05, 0.1) is 11.4 Å². The number of amides is 1. The van der Waals surface area contributed by atoms with Crippen molar-refractivity contribution in [2.45, 2.75) is 32.7 Å². The first-order valence-corrected chi connectivity index (χ1v) is 9.66. The van der Waals surface area contributed by atoms with Crippen LogP contribution >= 0.6 is 0 Å². The molecule has 1 aromatic rings. The number of hydrogen-bond donors (Lipinski definition) is 2. The molecule has 0 fully saturated rings. The lowest BCUT2D eigenvalue weighted by molar-refractivity contribution is -0.117. The molecule has 1 aliphatic heterocycles. The highest BCUT2D eigenvalue weighted by Gasteiger charge is 2.34. The molecule has 0 saturated heterocycles. The normalized spacial score (nSPS) is 22.4. The van der Waals surface area contributed by atoms with Gasteiger partial charge in [-0.25, -0.2) is 10.2 Å². The molecule has 1 amide bonds. The molecule has 4 rings (SSSR count). The van der Waals surface area contributed by atoms with Crippen molar-refractivity contribution in [2.24, 2.45) is 17.5 Å². The van der Waals surface area contributed by atoms with E-state index in [-0.39, 0.29) is 23.3 Å². The van der Waals surface area contributed by atoms with Gasteiger partial charge in [0.15, 0.2) is 0 Å². The minimum Gasteiger partial charge on any atom is -0.456 e.